The van der Waals surface area contributed by atoms with Gasteiger partial charge in [0.1, 0.15) is 5.75 Å². The zero-order chi connectivity index (χ0) is 15.5. The Bertz CT molecular complexity index is 774. The zero-order valence-electron chi connectivity index (χ0n) is 13.1. The first kappa shape index (κ1) is 14.3. The van der Waals surface area contributed by atoms with E-state index < -0.39 is 0 Å². The predicted octanol–water partition coefficient (Wildman–Crippen LogP) is 5.04. The molecule has 3 rings (SSSR count). The van der Waals surface area contributed by atoms with Gasteiger partial charge in [0.05, 0.1) is 12.8 Å². The highest BCUT2D eigenvalue weighted by molar-refractivity contribution is 5.70. The van der Waals surface area contributed by atoms with Crippen molar-refractivity contribution in [2.45, 2.75) is 13.8 Å². The Morgan fingerprint density at radius 1 is 0.727 bits per heavy atom. The molecule has 0 amide bonds. The number of nitrogens with zero attached hydrogens (tertiary/aromatic N) is 1. The summed E-state index contributed by atoms with van der Waals surface area (Å²) in [5.41, 5.74) is 6.75. The molecular formula is C20H19NO. The number of rotatable bonds is 3. The molecule has 3 aromatic rings. The van der Waals surface area contributed by atoms with Crippen LogP contribution in [0.15, 0.2) is 60.7 Å². The Balaban J connectivity index is 1.96. The van der Waals surface area contributed by atoms with Gasteiger partial charge in [-0.1, -0.05) is 48.0 Å². The molecule has 0 N–H and O–H groups in total. The van der Waals surface area contributed by atoms with Crippen molar-refractivity contribution in [2.75, 3.05) is 7.11 Å². The van der Waals surface area contributed by atoms with Crippen LogP contribution in [0.3, 0.4) is 0 Å². The van der Waals surface area contributed by atoms with Gasteiger partial charge < -0.3 is 4.74 Å². The lowest BCUT2D eigenvalue weighted by atomic mass is 10.0. The molecule has 0 saturated heterocycles. The third kappa shape index (κ3) is 2.86. The smallest absolute Gasteiger partial charge is 0.118 e. The first-order valence-corrected chi connectivity index (χ1v) is 7.36. The molecule has 0 aliphatic rings. The average molecular weight is 289 g/mol. The van der Waals surface area contributed by atoms with Crippen molar-refractivity contribution in [3.63, 3.8) is 0 Å². The summed E-state index contributed by atoms with van der Waals surface area (Å²) < 4.78 is 5.21. The van der Waals surface area contributed by atoms with Gasteiger partial charge in [-0.3, -0.25) is 4.98 Å². The fourth-order valence-electron chi connectivity index (χ4n) is 2.52. The molecule has 0 aliphatic heterocycles. The van der Waals surface area contributed by atoms with Crippen LogP contribution in [-0.4, -0.2) is 12.1 Å². The lowest BCUT2D eigenvalue weighted by Gasteiger charge is -2.09. The van der Waals surface area contributed by atoms with Gasteiger partial charge in [-0.05, 0) is 37.6 Å². The summed E-state index contributed by atoms with van der Waals surface area (Å²) in [6.07, 6.45) is 0. The molecule has 1 aromatic heterocycles. The van der Waals surface area contributed by atoms with E-state index in [1.54, 1.807) is 7.11 Å². The second-order valence-corrected chi connectivity index (χ2v) is 5.42. The van der Waals surface area contributed by atoms with Gasteiger partial charge in [-0.15, -0.1) is 0 Å². The molecule has 0 aliphatic carbocycles. The first-order valence-electron chi connectivity index (χ1n) is 7.36. The predicted molar refractivity (Wildman–Crippen MR) is 91.1 cm³/mol. The molecule has 0 fully saturated rings. The fourth-order valence-corrected chi connectivity index (χ4v) is 2.52. The highest BCUT2D eigenvalue weighted by Gasteiger charge is 2.06. The number of hydrogen-bond acceptors (Lipinski definition) is 2. The van der Waals surface area contributed by atoms with Gasteiger partial charge in [0.15, 0.2) is 0 Å². The summed E-state index contributed by atoms with van der Waals surface area (Å²) in [5, 5.41) is 0. The second-order valence-electron chi connectivity index (χ2n) is 5.42. The van der Waals surface area contributed by atoms with Crippen LogP contribution in [0.5, 0.6) is 5.75 Å². The number of pyridine rings is 1. The molecule has 0 bridgehead atoms. The number of hydrogen-bond donors (Lipinski definition) is 0. The van der Waals surface area contributed by atoms with Gasteiger partial charge in [-0.25, -0.2) is 0 Å². The van der Waals surface area contributed by atoms with Gasteiger partial charge in [0.25, 0.3) is 0 Å². The minimum atomic E-state index is 0.866. The minimum Gasteiger partial charge on any atom is -0.497 e. The van der Waals surface area contributed by atoms with Crippen molar-refractivity contribution in [1.29, 1.82) is 0 Å². The molecule has 0 atom stereocenters. The summed E-state index contributed by atoms with van der Waals surface area (Å²) in [7, 11) is 1.68. The summed E-state index contributed by atoms with van der Waals surface area (Å²) in [6.45, 7) is 4.15. The normalized spacial score (nSPS) is 10.5. The Hall–Kier alpha value is -2.61. The molecule has 1 heterocycles. The number of aromatic nitrogens is 1. The minimum absolute atomic E-state index is 0.866. The first-order chi connectivity index (χ1) is 10.7. The van der Waals surface area contributed by atoms with Crippen molar-refractivity contribution in [1.82, 2.24) is 4.98 Å². The molecule has 0 spiro atoms. The van der Waals surface area contributed by atoms with E-state index in [9.17, 15) is 0 Å². The molecular weight excluding hydrogens is 270 g/mol. The maximum absolute atomic E-state index is 5.21. The second kappa shape index (κ2) is 6.02. The SMILES string of the molecule is COc1ccc(-c2ccc(-c3ccc(C)cc3)nc2C)cc1. The highest BCUT2D eigenvalue weighted by atomic mass is 16.5. The zero-order valence-corrected chi connectivity index (χ0v) is 13.1. The molecule has 0 unspecified atom stereocenters. The molecule has 22 heavy (non-hydrogen) atoms. The van der Waals surface area contributed by atoms with E-state index in [-0.39, 0.29) is 0 Å². The van der Waals surface area contributed by atoms with Gasteiger partial charge in [0.2, 0.25) is 0 Å². The third-order valence-electron chi connectivity index (χ3n) is 3.83. The average Bonchev–Trinajstić information content (AvgIpc) is 2.56. The molecule has 2 aromatic carbocycles. The number of ether oxygens (including phenoxy) is 1. The van der Waals surface area contributed by atoms with Crippen LogP contribution in [0, 0.1) is 13.8 Å². The topological polar surface area (TPSA) is 22.1 Å². The molecule has 2 heteroatoms. The van der Waals surface area contributed by atoms with Crippen LogP contribution in [-0.2, 0) is 0 Å². The molecule has 2 nitrogen and oxygen atoms in total. The van der Waals surface area contributed by atoms with Crippen molar-refractivity contribution < 1.29 is 4.74 Å². The van der Waals surface area contributed by atoms with Crippen LogP contribution in [0.1, 0.15) is 11.3 Å². The van der Waals surface area contributed by atoms with Crippen LogP contribution in [0.2, 0.25) is 0 Å². The standard InChI is InChI=1S/C20H19NO/c1-14-4-6-17(7-5-14)20-13-12-19(15(2)21-20)16-8-10-18(22-3)11-9-16/h4-13H,1-3H3. The van der Waals surface area contributed by atoms with E-state index in [0.29, 0.717) is 0 Å². The van der Waals surface area contributed by atoms with E-state index >= 15 is 0 Å². The van der Waals surface area contributed by atoms with E-state index in [0.717, 1.165) is 33.8 Å². The largest absolute Gasteiger partial charge is 0.497 e. The summed E-state index contributed by atoms with van der Waals surface area (Å²) in [5.74, 6) is 0.866. The Morgan fingerprint density at radius 2 is 1.36 bits per heavy atom. The van der Waals surface area contributed by atoms with Crippen LogP contribution >= 0.6 is 0 Å². The van der Waals surface area contributed by atoms with E-state index in [1.807, 2.05) is 12.1 Å². The Morgan fingerprint density at radius 3 is 1.95 bits per heavy atom. The van der Waals surface area contributed by atoms with Gasteiger partial charge >= 0.3 is 0 Å². The quantitative estimate of drug-likeness (QED) is 0.674. The lowest BCUT2D eigenvalue weighted by Crippen LogP contribution is -1.91. The maximum Gasteiger partial charge on any atom is 0.118 e. The molecule has 110 valence electrons. The summed E-state index contributed by atoms with van der Waals surface area (Å²) >= 11 is 0. The van der Waals surface area contributed by atoms with E-state index in [4.69, 9.17) is 9.72 Å². The van der Waals surface area contributed by atoms with Gasteiger partial charge in [0, 0.05) is 16.8 Å². The maximum atomic E-state index is 5.21. The van der Waals surface area contributed by atoms with E-state index in [2.05, 4.69) is 62.4 Å². The van der Waals surface area contributed by atoms with Crippen molar-refractivity contribution in [2.24, 2.45) is 0 Å². The molecule has 0 radical (unpaired) electrons. The van der Waals surface area contributed by atoms with Crippen molar-refractivity contribution in [3.8, 4) is 28.1 Å². The Kier molecular flexibility index (Phi) is 3.92. The van der Waals surface area contributed by atoms with E-state index in [1.165, 1.54) is 5.56 Å². The summed E-state index contributed by atoms with van der Waals surface area (Å²) in [4.78, 5) is 4.76. The Labute approximate surface area is 131 Å². The van der Waals surface area contributed by atoms with Crippen molar-refractivity contribution >= 4 is 0 Å². The summed E-state index contributed by atoms with van der Waals surface area (Å²) in [6, 6.07) is 20.8. The van der Waals surface area contributed by atoms with Crippen molar-refractivity contribution in [3.05, 3.63) is 71.9 Å². The van der Waals surface area contributed by atoms with Crippen LogP contribution in [0.25, 0.3) is 22.4 Å². The fraction of sp³-hybridized carbons (Fsp3) is 0.150. The molecule has 0 saturated carbocycles. The monoisotopic (exact) mass is 289 g/mol. The number of methoxy groups -OCH3 is 1. The van der Waals surface area contributed by atoms with Gasteiger partial charge in [-0.2, -0.15) is 0 Å². The highest BCUT2D eigenvalue weighted by Crippen LogP contribution is 2.27. The number of aryl methyl sites for hydroxylation is 2. The van der Waals surface area contributed by atoms with Crippen LogP contribution < -0.4 is 4.74 Å². The van der Waals surface area contributed by atoms with Crippen LogP contribution in [0.4, 0.5) is 0 Å². The third-order valence-corrected chi connectivity index (χ3v) is 3.83. The lowest BCUT2D eigenvalue weighted by molar-refractivity contribution is 0.415. The number of benzene rings is 2.